The molecule has 4 nitrogen and oxygen atoms in total. The molecule has 5 heteroatoms. The van der Waals surface area contributed by atoms with Crippen LogP contribution in [-0.4, -0.2) is 29.5 Å². The number of carbonyl (C=O) groups is 1. The van der Waals surface area contributed by atoms with E-state index in [1.165, 1.54) is 6.20 Å². The highest BCUT2D eigenvalue weighted by Gasteiger charge is 2.23. The molecule has 1 fully saturated rings. The summed E-state index contributed by atoms with van der Waals surface area (Å²) in [5.74, 6) is -0.137. The van der Waals surface area contributed by atoms with Gasteiger partial charge in [-0.05, 0) is 38.4 Å². The van der Waals surface area contributed by atoms with Crippen molar-refractivity contribution >= 4 is 17.5 Å². The number of carbonyl (C=O) groups excluding carboxylic acids is 1. The number of amides is 1. The van der Waals surface area contributed by atoms with Gasteiger partial charge in [-0.2, -0.15) is 0 Å². The highest BCUT2D eigenvalue weighted by Crippen LogP contribution is 2.10. The summed E-state index contributed by atoms with van der Waals surface area (Å²) in [5, 5.41) is 6.88. The lowest BCUT2D eigenvalue weighted by molar-refractivity contribution is 0.0915. The van der Waals surface area contributed by atoms with Gasteiger partial charge >= 0.3 is 0 Å². The summed E-state index contributed by atoms with van der Waals surface area (Å²) in [4.78, 5) is 15.9. The van der Waals surface area contributed by atoms with E-state index in [2.05, 4.69) is 22.5 Å². The number of aromatic nitrogens is 1. The zero-order valence-electron chi connectivity index (χ0n) is 9.74. The maximum absolute atomic E-state index is 11.9. The Hall–Kier alpha value is -1.13. The molecule has 0 aromatic carbocycles. The molecule has 17 heavy (non-hydrogen) atoms. The normalized spacial score (nSPS) is 24.4. The first-order valence-corrected chi connectivity index (χ1v) is 6.20. The minimum atomic E-state index is -0.137. The second-order valence-corrected chi connectivity index (χ2v) is 4.76. The van der Waals surface area contributed by atoms with Gasteiger partial charge in [0.2, 0.25) is 0 Å². The Balaban J connectivity index is 1.98. The molecule has 92 valence electrons. The molecule has 0 radical (unpaired) electrons. The molecule has 2 atom stereocenters. The van der Waals surface area contributed by atoms with Crippen molar-refractivity contribution < 1.29 is 4.79 Å². The van der Waals surface area contributed by atoms with Gasteiger partial charge in [0.15, 0.2) is 0 Å². The van der Waals surface area contributed by atoms with Crippen molar-refractivity contribution in [2.45, 2.75) is 31.8 Å². The Morgan fingerprint density at radius 1 is 1.59 bits per heavy atom. The number of hydrogen-bond acceptors (Lipinski definition) is 3. The highest BCUT2D eigenvalue weighted by molar-refractivity contribution is 6.30. The number of hydrogen-bond donors (Lipinski definition) is 2. The van der Waals surface area contributed by atoms with E-state index in [0.717, 1.165) is 19.4 Å². The molecule has 2 N–H and O–H groups in total. The number of nitrogens with zero attached hydrogens (tertiary/aromatic N) is 1. The van der Waals surface area contributed by atoms with Crippen LogP contribution >= 0.6 is 11.6 Å². The van der Waals surface area contributed by atoms with E-state index >= 15 is 0 Å². The van der Waals surface area contributed by atoms with Crippen LogP contribution in [0.3, 0.4) is 0 Å². The number of pyridine rings is 1. The molecule has 0 saturated carbocycles. The van der Waals surface area contributed by atoms with Crippen LogP contribution < -0.4 is 10.6 Å². The number of nitrogens with one attached hydrogen (secondary N) is 2. The second-order valence-electron chi connectivity index (χ2n) is 4.33. The first-order chi connectivity index (χ1) is 8.16. The van der Waals surface area contributed by atoms with Crippen molar-refractivity contribution in [1.29, 1.82) is 0 Å². The fourth-order valence-corrected chi connectivity index (χ4v) is 2.11. The summed E-state index contributed by atoms with van der Waals surface area (Å²) in [5.41, 5.74) is 0.409. The molecule has 1 aliphatic heterocycles. The third-order valence-electron chi connectivity index (χ3n) is 3.04. The lowest BCUT2D eigenvalue weighted by Crippen LogP contribution is -2.52. The van der Waals surface area contributed by atoms with Crippen molar-refractivity contribution in [2.24, 2.45) is 0 Å². The van der Waals surface area contributed by atoms with E-state index in [1.54, 1.807) is 12.1 Å². The highest BCUT2D eigenvalue weighted by atomic mass is 35.5. The fraction of sp³-hybridized carbons (Fsp3) is 0.500. The van der Waals surface area contributed by atoms with E-state index < -0.39 is 0 Å². The maximum atomic E-state index is 11.9. The first-order valence-electron chi connectivity index (χ1n) is 5.82. The van der Waals surface area contributed by atoms with Gasteiger partial charge < -0.3 is 10.6 Å². The van der Waals surface area contributed by atoms with E-state index in [-0.39, 0.29) is 11.9 Å². The molecule has 2 unspecified atom stereocenters. The Bertz CT molecular complexity index is 393. The quantitative estimate of drug-likeness (QED) is 0.842. The summed E-state index contributed by atoms with van der Waals surface area (Å²) in [6, 6.07) is 3.79. The second kappa shape index (κ2) is 5.47. The minimum Gasteiger partial charge on any atom is -0.346 e. The van der Waals surface area contributed by atoms with Crippen molar-refractivity contribution in [1.82, 2.24) is 15.6 Å². The third kappa shape index (κ3) is 3.17. The number of halogens is 1. The lowest BCUT2D eigenvalue weighted by Gasteiger charge is -2.30. The summed E-state index contributed by atoms with van der Waals surface area (Å²) >= 11 is 5.73. The molecule has 2 rings (SSSR count). The van der Waals surface area contributed by atoms with Crippen LogP contribution in [0.2, 0.25) is 5.02 Å². The van der Waals surface area contributed by atoms with Crippen molar-refractivity contribution in [2.75, 3.05) is 6.54 Å². The molecular weight excluding hydrogens is 238 g/mol. The fourth-order valence-electron chi connectivity index (χ4n) is 1.99. The van der Waals surface area contributed by atoms with Crippen LogP contribution in [0.25, 0.3) is 0 Å². The largest absolute Gasteiger partial charge is 0.346 e. The molecule has 1 amide bonds. The van der Waals surface area contributed by atoms with Crippen LogP contribution in [0, 0.1) is 0 Å². The number of rotatable bonds is 2. The average molecular weight is 254 g/mol. The van der Waals surface area contributed by atoms with Gasteiger partial charge in [0.1, 0.15) is 5.69 Å². The van der Waals surface area contributed by atoms with Crippen LogP contribution in [0.15, 0.2) is 18.3 Å². The van der Waals surface area contributed by atoms with Crippen molar-refractivity contribution in [3.63, 3.8) is 0 Å². The third-order valence-corrected chi connectivity index (χ3v) is 3.26. The molecule has 0 spiro atoms. The monoisotopic (exact) mass is 253 g/mol. The van der Waals surface area contributed by atoms with Crippen molar-refractivity contribution in [3.05, 3.63) is 29.0 Å². The Morgan fingerprint density at radius 3 is 3.06 bits per heavy atom. The zero-order chi connectivity index (χ0) is 12.3. The molecule has 1 aromatic heterocycles. The van der Waals surface area contributed by atoms with Gasteiger partial charge in [-0.3, -0.25) is 4.79 Å². The van der Waals surface area contributed by atoms with E-state index in [0.29, 0.717) is 16.8 Å². The van der Waals surface area contributed by atoms with Crippen LogP contribution in [0.5, 0.6) is 0 Å². The average Bonchev–Trinajstić information content (AvgIpc) is 2.33. The summed E-state index contributed by atoms with van der Waals surface area (Å²) in [7, 11) is 0. The minimum absolute atomic E-state index is 0.137. The van der Waals surface area contributed by atoms with Crippen LogP contribution in [0.4, 0.5) is 0 Å². The maximum Gasteiger partial charge on any atom is 0.270 e. The summed E-state index contributed by atoms with van der Waals surface area (Å²) in [6.45, 7) is 3.10. The van der Waals surface area contributed by atoms with Crippen LogP contribution in [0.1, 0.15) is 30.3 Å². The topological polar surface area (TPSA) is 54.0 Å². The van der Waals surface area contributed by atoms with E-state index in [4.69, 9.17) is 11.6 Å². The molecule has 0 aliphatic carbocycles. The SMILES string of the molecule is CC1NCCCC1NC(=O)c1ccc(Cl)cn1. The molecular formula is C12H16ClN3O. The smallest absolute Gasteiger partial charge is 0.270 e. The van der Waals surface area contributed by atoms with Gasteiger partial charge in [-0.25, -0.2) is 4.98 Å². The summed E-state index contributed by atoms with van der Waals surface area (Å²) in [6.07, 6.45) is 3.58. The Labute approximate surface area is 106 Å². The van der Waals surface area contributed by atoms with Crippen LogP contribution in [-0.2, 0) is 0 Å². The van der Waals surface area contributed by atoms with Crippen molar-refractivity contribution in [3.8, 4) is 0 Å². The Kier molecular flexibility index (Phi) is 3.97. The zero-order valence-corrected chi connectivity index (χ0v) is 10.5. The Morgan fingerprint density at radius 2 is 2.41 bits per heavy atom. The standard InChI is InChI=1S/C12H16ClN3O/c1-8-10(3-2-6-14-8)16-12(17)11-5-4-9(13)7-15-11/h4-5,7-8,10,14H,2-3,6H2,1H3,(H,16,17). The lowest BCUT2D eigenvalue weighted by atomic mass is 10.00. The predicted molar refractivity (Wildman–Crippen MR) is 67.2 cm³/mol. The predicted octanol–water partition coefficient (Wildman–Crippen LogP) is 1.61. The summed E-state index contributed by atoms with van der Waals surface area (Å²) < 4.78 is 0. The van der Waals surface area contributed by atoms with Gasteiger partial charge in [-0.1, -0.05) is 11.6 Å². The molecule has 2 heterocycles. The van der Waals surface area contributed by atoms with Gasteiger partial charge in [0, 0.05) is 18.3 Å². The van der Waals surface area contributed by atoms with E-state index in [9.17, 15) is 4.79 Å². The molecule has 1 aromatic rings. The van der Waals surface area contributed by atoms with Gasteiger partial charge in [0.25, 0.3) is 5.91 Å². The molecule has 1 saturated heterocycles. The van der Waals surface area contributed by atoms with E-state index in [1.807, 2.05) is 0 Å². The molecule has 0 bridgehead atoms. The first kappa shape index (κ1) is 12.3. The van der Waals surface area contributed by atoms with Gasteiger partial charge in [0.05, 0.1) is 5.02 Å². The number of piperidine rings is 1. The molecule has 1 aliphatic rings. The van der Waals surface area contributed by atoms with Gasteiger partial charge in [-0.15, -0.1) is 0 Å².